The van der Waals surface area contributed by atoms with Crippen molar-refractivity contribution in [2.24, 2.45) is 7.05 Å². The Morgan fingerprint density at radius 1 is 1.50 bits per heavy atom. The monoisotopic (exact) mass is 182 g/mol. The Kier molecular flexibility index (Phi) is 1.51. The van der Waals surface area contributed by atoms with E-state index in [2.05, 4.69) is 15.1 Å². The van der Waals surface area contributed by atoms with Gasteiger partial charge in [0.1, 0.15) is 0 Å². The molecule has 0 atom stereocenters. The van der Waals surface area contributed by atoms with Crippen molar-refractivity contribution in [3.8, 4) is 0 Å². The third-order valence-corrected chi connectivity index (χ3v) is 1.92. The molecule has 0 radical (unpaired) electrons. The number of aryl methyl sites for hydroxylation is 2. The van der Waals surface area contributed by atoms with E-state index in [-0.39, 0.29) is 5.28 Å². The van der Waals surface area contributed by atoms with Crippen LogP contribution in [0.1, 0.15) is 5.69 Å². The lowest BCUT2D eigenvalue weighted by Crippen LogP contribution is -1.92. The van der Waals surface area contributed by atoms with E-state index in [1.54, 1.807) is 10.9 Å². The van der Waals surface area contributed by atoms with Gasteiger partial charge in [-0.05, 0) is 18.5 Å². The molecule has 0 N–H and O–H groups in total. The lowest BCUT2D eigenvalue weighted by Gasteiger charge is -1.91. The molecule has 2 aromatic rings. The summed E-state index contributed by atoms with van der Waals surface area (Å²) >= 11 is 5.64. The molecule has 0 aliphatic rings. The van der Waals surface area contributed by atoms with Gasteiger partial charge < -0.3 is 0 Å². The van der Waals surface area contributed by atoms with Gasteiger partial charge in [-0.25, -0.2) is 4.98 Å². The van der Waals surface area contributed by atoms with Crippen LogP contribution in [-0.4, -0.2) is 19.7 Å². The lowest BCUT2D eigenvalue weighted by atomic mass is 10.3. The Balaban J connectivity index is 2.90. The Hall–Kier alpha value is -1.16. The average Bonchev–Trinajstić information content (AvgIpc) is 2.28. The quantitative estimate of drug-likeness (QED) is 0.578. The summed E-state index contributed by atoms with van der Waals surface area (Å²) < 4.78 is 1.69. The largest absolute Gasteiger partial charge is 0.250 e. The molecule has 2 heterocycles. The van der Waals surface area contributed by atoms with Crippen LogP contribution in [0.2, 0.25) is 5.28 Å². The van der Waals surface area contributed by atoms with E-state index < -0.39 is 0 Å². The summed E-state index contributed by atoms with van der Waals surface area (Å²) in [7, 11) is 1.83. The minimum absolute atomic E-state index is 0.255. The lowest BCUT2D eigenvalue weighted by molar-refractivity contribution is 0.773. The predicted molar refractivity (Wildman–Crippen MR) is 46.1 cm³/mol. The first-order chi connectivity index (χ1) is 5.68. The molecule has 0 spiro atoms. The third-order valence-electron chi connectivity index (χ3n) is 1.74. The summed E-state index contributed by atoms with van der Waals surface area (Å²) in [6.45, 7) is 1.92. The fourth-order valence-electron chi connectivity index (χ4n) is 1.18. The fourth-order valence-corrected chi connectivity index (χ4v) is 1.31. The van der Waals surface area contributed by atoms with Crippen molar-refractivity contribution in [3.63, 3.8) is 0 Å². The average molecular weight is 183 g/mol. The normalized spacial score (nSPS) is 10.9. The van der Waals surface area contributed by atoms with Crippen molar-refractivity contribution in [2.45, 2.75) is 6.92 Å². The van der Waals surface area contributed by atoms with Crippen LogP contribution >= 0.6 is 11.6 Å². The highest BCUT2D eigenvalue weighted by Crippen LogP contribution is 2.14. The molecular formula is C7H7ClN4. The number of hydrogen-bond donors (Lipinski definition) is 0. The number of fused-ring (bicyclic) bond motifs is 1. The number of rotatable bonds is 0. The van der Waals surface area contributed by atoms with Crippen molar-refractivity contribution in [1.29, 1.82) is 0 Å². The van der Waals surface area contributed by atoms with Crippen LogP contribution in [0.4, 0.5) is 0 Å². The van der Waals surface area contributed by atoms with E-state index in [0.717, 1.165) is 16.7 Å². The molecule has 0 aromatic carbocycles. The Morgan fingerprint density at radius 2 is 2.25 bits per heavy atom. The molecule has 62 valence electrons. The highest BCUT2D eigenvalue weighted by atomic mass is 35.5. The molecule has 0 saturated carbocycles. The van der Waals surface area contributed by atoms with Crippen LogP contribution in [-0.2, 0) is 7.05 Å². The Labute approximate surface area is 74.2 Å². The number of nitrogens with zero attached hydrogens (tertiary/aromatic N) is 4. The maximum absolute atomic E-state index is 5.64. The standard InChI is InChI=1S/C7H7ClN4/c1-4-5-3-9-7(8)10-6(5)12(2)11-4/h3H,1-2H3. The molecule has 2 aromatic heterocycles. The van der Waals surface area contributed by atoms with Crippen LogP contribution in [0.25, 0.3) is 11.0 Å². The molecule has 0 aliphatic carbocycles. The maximum atomic E-state index is 5.64. The molecule has 2 rings (SSSR count). The van der Waals surface area contributed by atoms with Gasteiger partial charge in [-0.2, -0.15) is 10.1 Å². The molecular weight excluding hydrogens is 176 g/mol. The second kappa shape index (κ2) is 2.42. The molecule has 5 heteroatoms. The van der Waals surface area contributed by atoms with E-state index >= 15 is 0 Å². The number of hydrogen-bond acceptors (Lipinski definition) is 3. The van der Waals surface area contributed by atoms with Gasteiger partial charge >= 0.3 is 0 Å². The summed E-state index contributed by atoms with van der Waals surface area (Å²) in [6.07, 6.45) is 1.69. The van der Waals surface area contributed by atoms with Crippen LogP contribution in [0.3, 0.4) is 0 Å². The molecule has 0 saturated heterocycles. The fraction of sp³-hybridized carbons (Fsp3) is 0.286. The van der Waals surface area contributed by atoms with E-state index in [9.17, 15) is 0 Å². The number of halogens is 1. The maximum Gasteiger partial charge on any atom is 0.224 e. The zero-order valence-electron chi connectivity index (χ0n) is 6.74. The summed E-state index contributed by atoms with van der Waals surface area (Å²) in [6, 6.07) is 0. The van der Waals surface area contributed by atoms with Gasteiger partial charge in [-0.15, -0.1) is 0 Å². The second-order valence-corrected chi connectivity index (χ2v) is 2.92. The van der Waals surface area contributed by atoms with Crippen molar-refractivity contribution < 1.29 is 0 Å². The van der Waals surface area contributed by atoms with Crippen molar-refractivity contribution >= 4 is 22.6 Å². The molecule has 0 bridgehead atoms. The van der Waals surface area contributed by atoms with Gasteiger partial charge in [0.05, 0.1) is 11.1 Å². The summed E-state index contributed by atoms with van der Waals surface area (Å²) in [5.41, 5.74) is 1.69. The zero-order chi connectivity index (χ0) is 8.72. The molecule has 0 amide bonds. The Morgan fingerprint density at radius 3 is 3.00 bits per heavy atom. The van der Waals surface area contributed by atoms with Gasteiger partial charge in [0, 0.05) is 13.2 Å². The summed E-state index contributed by atoms with van der Waals surface area (Å²) in [5, 5.41) is 5.39. The second-order valence-electron chi connectivity index (χ2n) is 2.59. The first-order valence-electron chi connectivity index (χ1n) is 3.50. The van der Waals surface area contributed by atoms with Crippen molar-refractivity contribution in [2.75, 3.05) is 0 Å². The highest BCUT2D eigenvalue weighted by Gasteiger charge is 2.06. The van der Waals surface area contributed by atoms with E-state index in [1.807, 2.05) is 14.0 Å². The van der Waals surface area contributed by atoms with E-state index in [0.29, 0.717) is 0 Å². The van der Waals surface area contributed by atoms with Crippen LogP contribution in [0.5, 0.6) is 0 Å². The minimum Gasteiger partial charge on any atom is -0.250 e. The van der Waals surface area contributed by atoms with Crippen LogP contribution < -0.4 is 0 Å². The molecule has 0 aliphatic heterocycles. The zero-order valence-corrected chi connectivity index (χ0v) is 7.50. The minimum atomic E-state index is 0.255. The molecule has 4 nitrogen and oxygen atoms in total. The topological polar surface area (TPSA) is 43.6 Å². The predicted octanol–water partition coefficient (Wildman–Crippen LogP) is 1.33. The van der Waals surface area contributed by atoms with Crippen molar-refractivity contribution in [1.82, 2.24) is 19.7 Å². The van der Waals surface area contributed by atoms with E-state index in [1.165, 1.54) is 0 Å². The Bertz CT molecular complexity index is 434. The third kappa shape index (κ3) is 0.956. The first-order valence-corrected chi connectivity index (χ1v) is 3.88. The van der Waals surface area contributed by atoms with Gasteiger partial charge in [-0.3, -0.25) is 4.68 Å². The number of aromatic nitrogens is 4. The molecule has 12 heavy (non-hydrogen) atoms. The summed E-state index contributed by atoms with van der Waals surface area (Å²) in [5.74, 6) is 0. The van der Waals surface area contributed by atoms with Crippen LogP contribution in [0.15, 0.2) is 6.20 Å². The van der Waals surface area contributed by atoms with Gasteiger partial charge in [-0.1, -0.05) is 0 Å². The first kappa shape index (κ1) is 7.49. The van der Waals surface area contributed by atoms with Gasteiger partial charge in [0.15, 0.2) is 5.65 Å². The summed E-state index contributed by atoms with van der Waals surface area (Å²) in [4.78, 5) is 7.93. The molecule has 0 unspecified atom stereocenters. The van der Waals surface area contributed by atoms with Crippen LogP contribution in [0, 0.1) is 6.92 Å². The molecule has 0 fully saturated rings. The van der Waals surface area contributed by atoms with Gasteiger partial charge in [0.2, 0.25) is 5.28 Å². The smallest absolute Gasteiger partial charge is 0.224 e. The van der Waals surface area contributed by atoms with Gasteiger partial charge in [0.25, 0.3) is 0 Å². The van der Waals surface area contributed by atoms with Crippen molar-refractivity contribution in [3.05, 3.63) is 17.2 Å². The highest BCUT2D eigenvalue weighted by molar-refractivity contribution is 6.28. The van der Waals surface area contributed by atoms with E-state index in [4.69, 9.17) is 11.6 Å². The SMILES string of the molecule is Cc1nn(C)c2nc(Cl)ncc12.